The van der Waals surface area contributed by atoms with Gasteiger partial charge in [0.05, 0.1) is 42.3 Å². The highest BCUT2D eigenvalue weighted by molar-refractivity contribution is 6.34. The van der Waals surface area contributed by atoms with Crippen molar-refractivity contribution >= 4 is 40.6 Å². The molecule has 196 valence electrons. The smallest absolute Gasteiger partial charge is 0.337 e. The van der Waals surface area contributed by atoms with Crippen molar-refractivity contribution in [1.29, 1.82) is 0 Å². The Bertz CT molecular complexity index is 1490. The van der Waals surface area contributed by atoms with Gasteiger partial charge in [-0.2, -0.15) is 0 Å². The molecule has 39 heavy (non-hydrogen) atoms. The summed E-state index contributed by atoms with van der Waals surface area (Å²) in [4.78, 5) is 40.3. The minimum absolute atomic E-state index is 0.0427. The van der Waals surface area contributed by atoms with Crippen molar-refractivity contribution in [2.24, 2.45) is 23.7 Å². The van der Waals surface area contributed by atoms with E-state index in [0.29, 0.717) is 0 Å². The highest BCUT2D eigenvalue weighted by atomic mass is 35.5. The van der Waals surface area contributed by atoms with Crippen LogP contribution in [-0.2, 0) is 9.59 Å². The molecule has 7 nitrogen and oxygen atoms in total. The number of nitrogens with zero attached hydrogens (tertiary/aromatic N) is 1. The van der Waals surface area contributed by atoms with E-state index in [4.69, 9.17) is 21.1 Å². The molecule has 6 rings (SSSR count). The summed E-state index contributed by atoms with van der Waals surface area (Å²) in [5.74, 6) is -2.12. The zero-order chi connectivity index (χ0) is 27.4. The quantitative estimate of drug-likeness (QED) is 0.328. The molecule has 1 heterocycles. The van der Waals surface area contributed by atoms with Gasteiger partial charge in [-0.1, -0.05) is 48.0 Å². The van der Waals surface area contributed by atoms with Crippen molar-refractivity contribution in [1.82, 2.24) is 0 Å². The molecule has 1 saturated carbocycles. The maximum Gasteiger partial charge on any atom is 0.337 e. The number of carbonyl (C=O) groups is 3. The Kier molecular flexibility index (Phi) is 6.03. The molecular formula is C31H24ClNO6. The van der Waals surface area contributed by atoms with Crippen molar-refractivity contribution in [3.63, 3.8) is 0 Å². The first-order valence-electron chi connectivity index (χ1n) is 12.5. The molecule has 2 bridgehead atoms. The zero-order valence-corrected chi connectivity index (χ0v) is 21.9. The molecule has 0 radical (unpaired) electrons. The second-order valence-corrected chi connectivity index (χ2v) is 10.2. The van der Waals surface area contributed by atoms with Crippen LogP contribution in [-0.4, -0.2) is 37.1 Å². The number of anilines is 1. The molecule has 1 saturated heterocycles. The van der Waals surface area contributed by atoms with Crippen LogP contribution >= 0.6 is 11.6 Å². The third-order valence-corrected chi connectivity index (χ3v) is 8.23. The average Bonchev–Trinajstić information content (AvgIpc) is 3.58. The molecule has 3 aromatic carbocycles. The number of hydrogen-bond donors (Lipinski definition) is 1. The summed E-state index contributed by atoms with van der Waals surface area (Å²) in [5.41, 5.74) is 3.97. The zero-order valence-electron chi connectivity index (χ0n) is 21.1. The van der Waals surface area contributed by atoms with Crippen molar-refractivity contribution < 1.29 is 29.0 Å². The first-order valence-corrected chi connectivity index (χ1v) is 12.8. The van der Waals surface area contributed by atoms with Crippen LogP contribution in [0.3, 0.4) is 0 Å². The van der Waals surface area contributed by atoms with Crippen molar-refractivity contribution in [2.75, 3.05) is 19.1 Å². The van der Waals surface area contributed by atoms with Crippen LogP contribution in [0.2, 0.25) is 5.02 Å². The van der Waals surface area contributed by atoms with E-state index in [2.05, 4.69) is 0 Å². The predicted octanol–water partition coefficient (Wildman–Crippen LogP) is 5.48. The van der Waals surface area contributed by atoms with Gasteiger partial charge >= 0.3 is 5.97 Å². The Morgan fingerprint density at radius 3 is 1.72 bits per heavy atom. The van der Waals surface area contributed by atoms with Gasteiger partial charge in [-0.15, -0.1) is 0 Å². The molecule has 1 aliphatic heterocycles. The fraction of sp³-hybridized carbons (Fsp3) is 0.194. The van der Waals surface area contributed by atoms with Crippen LogP contribution in [0, 0.1) is 23.7 Å². The van der Waals surface area contributed by atoms with Crippen molar-refractivity contribution in [3.05, 3.63) is 106 Å². The summed E-state index contributed by atoms with van der Waals surface area (Å²) in [6.07, 6.45) is 4.04. The van der Waals surface area contributed by atoms with Crippen molar-refractivity contribution in [3.8, 4) is 11.5 Å². The Morgan fingerprint density at radius 2 is 1.28 bits per heavy atom. The number of carbonyl (C=O) groups excluding carboxylic acids is 2. The third-order valence-electron chi connectivity index (χ3n) is 7.90. The van der Waals surface area contributed by atoms with E-state index in [0.717, 1.165) is 38.7 Å². The fourth-order valence-electron chi connectivity index (χ4n) is 6.18. The van der Waals surface area contributed by atoms with Gasteiger partial charge in [-0.3, -0.25) is 9.59 Å². The molecule has 1 N–H and O–H groups in total. The van der Waals surface area contributed by atoms with Crippen LogP contribution in [0.1, 0.15) is 21.5 Å². The molecule has 8 heteroatoms. The second-order valence-electron chi connectivity index (χ2n) is 9.76. The molecule has 0 aromatic heterocycles. The summed E-state index contributed by atoms with van der Waals surface area (Å²) < 4.78 is 10.7. The largest absolute Gasteiger partial charge is 0.497 e. The molecule has 2 amide bonds. The van der Waals surface area contributed by atoms with Crippen LogP contribution in [0.4, 0.5) is 5.69 Å². The Morgan fingerprint density at radius 1 is 0.795 bits per heavy atom. The fourth-order valence-corrected chi connectivity index (χ4v) is 6.38. The minimum atomic E-state index is -1.23. The van der Waals surface area contributed by atoms with E-state index in [1.165, 1.54) is 18.2 Å². The predicted molar refractivity (Wildman–Crippen MR) is 146 cm³/mol. The van der Waals surface area contributed by atoms with E-state index in [1.54, 1.807) is 14.2 Å². The van der Waals surface area contributed by atoms with Crippen LogP contribution in [0.25, 0.3) is 5.57 Å². The van der Waals surface area contributed by atoms with Crippen LogP contribution in [0.15, 0.2) is 84.5 Å². The number of ether oxygens (including phenoxy) is 2. The highest BCUT2D eigenvalue weighted by Crippen LogP contribution is 2.59. The minimum Gasteiger partial charge on any atom is -0.497 e. The molecule has 2 aliphatic carbocycles. The third kappa shape index (κ3) is 3.84. The number of methoxy groups -OCH3 is 2. The SMILES string of the molecule is COc1ccc(C(=C2[C@H]3C=C[C@H]2[C@H]2C(=O)N(c4ccc(Cl)c(C(=O)O)c4)C(=O)[C@@H]23)c2ccc(OC)cc2)cc1. The standard InChI is InChI=1S/C31H24ClNO6/c1-38-19-8-3-16(4-9-19)25(17-5-10-20(39-2)11-6-17)26-21-12-13-22(26)28-27(21)29(34)33(30(28)35)18-7-14-24(32)23(15-18)31(36)37/h3-15,21-22,27-28H,1-2H3,(H,36,37)/t21-,22-,27-,28-/m1/s1. The van der Waals surface area contributed by atoms with Gasteiger partial charge in [-0.05, 0) is 64.7 Å². The molecule has 0 unspecified atom stereocenters. The van der Waals surface area contributed by atoms with E-state index in [1.807, 2.05) is 60.7 Å². The number of rotatable bonds is 6. The lowest BCUT2D eigenvalue weighted by atomic mass is 9.85. The average molecular weight is 542 g/mol. The molecule has 4 atom stereocenters. The van der Waals surface area contributed by atoms with Gasteiger partial charge in [-0.25, -0.2) is 9.69 Å². The Balaban J connectivity index is 1.46. The first-order chi connectivity index (χ1) is 18.8. The summed E-state index contributed by atoms with van der Waals surface area (Å²) in [7, 11) is 3.23. The monoisotopic (exact) mass is 541 g/mol. The lowest BCUT2D eigenvalue weighted by Crippen LogP contribution is -2.33. The van der Waals surface area contributed by atoms with E-state index >= 15 is 0 Å². The number of allylic oxidation sites excluding steroid dienone is 3. The number of halogens is 1. The molecule has 2 fully saturated rings. The van der Waals surface area contributed by atoms with E-state index < -0.39 is 17.8 Å². The van der Waals surface area contributed by atoms with E-state index in [9.17, 15) is 19.5 Å². The number of hydrogen-bond acceptors (Lipinski definition) is 5. The van der Waals surface area contributed by atoms with Gasteiger partial charge in [0.2, 0.25) is 11.8 Å². The number of amides is 2. The highest BCUT2D eigenvalue weighted by Gasteiger charge is 2.62. The first kappa shape index (κ1) is 24.9. The number of fused-ring (bicyclic) bond motifs is 5. The number of aromatic carboxylic acids is 1. The van der Waals surface area contributed by atoms with Gasteiger partial charge in [0.25, 0.3) is 0 Å². The van der Waals surface area contributed by atoms with E-state index in [-0.39, 0.29) is 39.9 Å². The molecular weight excluding hydrogens is 518 g/mol. The molecule has 0 spiro atoms. The maximum atomic E-state index is 13.8. The number of carboxylic acids is 1. The summed E-state index contributed by atoms with van der Waals surface area (Å²) in [6.45, 7) is 0. The Labute approximate surface area is 229 Å². The summed E-state index contributed by atoms with van der Waals surface area (Å²) >= 11 is 6.03. The van der Waals surface area contributed by atoms with Crippen LogP contribution < -0.4 is 14.4 Å². The normalized spacial score (nSPS) is 22.8. The van der Waals surface area contributed by atoms with Gasteiger partial charge in [0.15, 0.2) is 0 Å². The second kappa shape index (κ2) is 9.43. The molecule has 3 aliphatic rings. The lowest BCUT2D eigenvalue weighted by Gasteiger charge is -2.22. The topological polar surface area (TPSA) is 93.1 Å². The van der Waals surface area contributed by atoms with Gasteiger partial charge < -0.3 is 14.6 Å². The maximum absolute atomic E-state index is 13.8. The van der Waals surface area contributed by atoms with Crippen LogP contribution in [0.5, 0.6) is 11.5 Å². The number of carboxylic acid groups (broad SMARTS) is 1. The Hall–Kier alpha value is -4.36. The number of benzene rings is 3. The van der Waals surface area contributed by atoms with Crippen molar-refractivity contribution in [2.45, 2.75) is 0 Å². The molecule has 3 aromatic rings. The summed E-state index contributed by atoms with van der Waals surface area (Å²) in [5, 5.41) is 9.54. The number of imide groups is 1. The van der Waals surface area contributed by atoms with Gasteiger partial charge in [0, 0.05) is 11.8 Å². The van der Waals surface area contributed by atoms with Gasteiger partial charge in [0.1, 0.15) is 11.5 Å². The summed E-state index contributed by atoms with van der Waals surface area (Å²) in [6, 6.07) is 19.7. The lowest BCUT2D eigenvalue weighted by molar-refractivity contribution is -0.122.